The molecule has 3 heterocycles. The summed E-state index contributed by atoms with van der Waals surface area (Å²) >= 11 is 1.33. The highest BCUT2D eigenvalue weighted by atomic mass is 32.1. The molecule has 0 spiro atoms. The van der Waals surface area contributed by atoms with Crippen LogP contribution in [-0.2, 0) is 4.79 Å². The second-order valence-electron chi connectivity index (χ2n) is 6.84. The van der Waals surface area contributed by atoms with E-state index >= 15 is 0 Å². The summed E-state index contributed by atoms with van der Waals surface area (Å²) in [7, 11) is 0. The number of nitrogen functional groups attached to an aromatic ring is 1. The smallest absolute Gasteiger partial charge is 0.264 e. The maximum absolute atomic E-state index is 12.6. The molecule has 2 fully saturated rings. The molecule has 0 aliphatic carbocycles. The van der Waals surface area contributed by atoms with Gasteiger partial charge in [0.2, 0.25) is 5.91 Å². The van der Waals surface area contributed by atoms with Crippen LogP contribution >= 0.6 is 11.3 Å². The van der Waals surface area contributed by atoms with E-state index in [0.717, 1.165) is 35.6 Å². The van der Waals surface area contributed by atoms with Crippen LogP contribution in [0.15, 0.2) is 36.4 Å². The first-order chi connectivity index (χ1) is 12.6. The Morgan fingerprint density at radius 3 is 2.73 bits per heavy atom. The summed E-state index contributed by atoms with van der Waals surface area (Å²) in [6, 6.07) is 11.3. The van der Waals surface area contributed by atoms with Crippen molar-refractivity contribution < 1.29 is 9.59 Å². The molecule has 2 amide bonds. The van der Waals surface area contributed by atoms with Crippen molar-refractivity contribution >= 4 is 33.8 Å². The van der Waals surface area contributed by atoms with Gasteiger partial charge >= 0.3 is 0 Å². The standard InChI is InChI=1S/C19H22N4O2S/c20-14-5-2-1-4-13(14)12-10-23(11-12)19(25)16-7-8-17(26-16)22-18(24)15-6-3-9-21-15/h1-2,4-5,7-8,12,15,21H,3,6,9-11,20H2,(H,22,24)/t15-/m0/s1. The molecule has 1 aromatic heterocycles. The number of nitrogens with zero attached hydrogens (tertiary/aromatic N) is 1. The summed E-state index contributed by atoms with van der Waals surface area (Å²) in [5, 5.41) is 6.80. The SMILES string of the molecule is Nc1ccccc1C1CN(C(=O)c2ccc(NC(=O)[C@@H]3CCCN3)s2)C1. The van der Waals surface area contributed by atoms with Gasteiger partial charge < -0.3 is 21.3 Å². The summed E-state index contributed by atoms with van der Waals surface area (Å²) in [6.07, 6.45) is 1.88. The topological polar surface area (TPSA) is 87.5 Å². The fourth-order valence-corrected chi connectivity index (χ4v) is 4.39. The van der Waals surface area contributed by atoms with Crippen molar-refractivity contribution in [3.05, 3.63) is 46.8 Å². The minimum atomic E-state index is -0.122. The zero-order chi connectivity index (χ0) is 18.1. The molecular weight excluding hydrogens is 348 g/mol. The van der Waals surface area contributed by atoms with Crippen LogP contribution in [0.5, 0.6) is 0 Å². The van der Waals surface area contributed by atoms with Gasteiger partial charge in [-0.2, -0.15) is 0 Å². The van der Waals surface area contributed by atoms with E-state index in [1.807, 2.05) is 29.2 Å². The molecule has 26 heavy (non-hydrogen) atoms. The number of hydrogen-bond donors (Lipinski definition) is 3. The lowest BCUT2D eigenvalue weighted by Crippen LogP contribution is -2.48. The highest BCUT2D eigenvalue weighted by Crippen LogP contribution is 2.33. The van der Waals surface area contributed by atoms with Crippen molar-refractivity contribution in [3.8, 4) is 0 Å². The average molecular weight is 370 g/mol. The van der Waals surface area contributed by atoms with E-state index in [4.69, 9.17) is 5.73 Å². The maximum atomic E-state index is 12.6. The van der Waals surface area contributed by atoms with E-state index < -0.39 is 0 Å². The van der Waals surface area contributed by atoms with Gasteiger partial charge in [0.05, 0.1) is 15.9 Å². The van der Waals surface area contributed by atoms with E-state index in [1.165, 1.54) is 11.3 Å². The first kappa shape index (κ1) is 17.1. The third kappa shape index (κ3) is 3.32. The molecule has 6 nitrogen and oxygen atoms in total. The quantitative estimate of drug-likeness (QED) is 0.721. The van der Waals surface area contributed by atoms with Crippen molar-refractivity contribution in [2.24, 2.45) is 0 Å². The number of carbonyl (C=O) groups excluding carboxylic acids is 2. The average Bonchev–Trinajstić information content (AvgIpc) is 3.26. The summed E-state index contributed by atoms with van der Waals surface area (Å²) in [5.74, 6) is 0.292. The van der Waals surface area contributed by atoms with Crippen molar-refractivity contribution in [1.82, 2.24) is 10.2 Å². The zero-order valence-corrected chi connectivity index (χ0v) is 15.2. The highest BCUT2D eigenvalue weighted by Gasteiger charge is 2.33. The Labute approximate surface area is 156 Å². The van der Waals surface area contributed by atoms with E-state index in [9.17, 15) is 9.59 Å². The van der Waals surface area contributed by atoms with E-state index in [2.05, 4.69) is 10.6 Å². The Kier molecular flexibility index (Phi) is 4.65. The number of nitrogens with one attached hydrogen (secondary N) is 2. The van der Waals surface area contributed by atoms with Crippen LogP contribution in [0.1, 0.15) is 34.0 Å². The Morgan fingerprint density at radius 2 is 2.00 bits per heavy atom. The fraction of sp³-hybridized carbons (Fsp3) is 0.368. The minimum absolute atomic E-state index is 0.0141. The lowest BCUT2D eigenvalue weighted by atomic mass is 9.90. The summed E-state index contributed by atoms with van der Waals surface area (Å²) in [4.78, 5) is 27.3. The molecule has 4 N–H and O–H groups in total. The Bertz CT molecular complexity index is 822. The largest absolute Gasteiger partial charge is 0.398 e. The molecule has 2 aromatic rings. The molecule has 2 saturated heterocycles. The van der Waals surface area contributed by atoms with Gasteiger partial charge in [-0.25, -0.2) is 0 Å². The van der Waals surface area contributed by atoms with Crippen LogP contribution in [0, 0.1) is 0 Å². The number of carbonyl (C=O) groups is 2. The Hall–Kier alpha value is -2.38. The summed E-state index contributed by atoms with van der Waals surface area (Å²) in [6.45, 7) is 2.24. The lowest BCUT2D eigenvalue weighted by molar-refractivity contribution is -0.117. The number of hydrogen-bond acceptors (Lipinski definition) is 5. The van der Waals surface area contributed by atoms with Crippen molar-refractivity contribution in [2.75, 3.05) is 30.7 Å². The van der Waals surface area contributed by atoms with E-state index in [-0.39, 0.29) is 17.9 Å². The number of nitrogens with two attached hydrogens (primary N) is 1. The maximum Gasteiger partial charge on any atom is 0.264 e. The molecule has 4 rings (SSSR count). The number of para-hydroxylation sites is 1. The Morgan fingerprint density at radius 1 is 1.19 bits per heavy atom. The lowest BCUT2D eigenvalue weighted by Gasteiger charge is -2.39. The van der Waals surface area contributed by atoms with Crippen molar-refractivity contribution in [1.29, 1.82) is 0 Å². The van der Waals surface area contributed by atoms with Gasteiger partial charge in [-0.15, -0.1) is 11.3 Å². The predicted octanol–water partition coefficient (Wildman–Crippen LogP) is 2.26. The number of rotatable bonds is 4. The van der Waals surface area contributed by atoms with Gasteiger partial charge in [-0.05, 0) is 43.1 Å². The van der Waals surface area contributed by atoms with Gasteiger partial charge in [0.1, 0.15) is 0 Å². The van der Waals surface area contributed by atoms with E-state index in [0.29, 0.717) is 23.9 Å². The second kappa shape index (κ2) is 7.09. The molecule has 0 radical (unpaired) electrons. The van der Waals surface area contributed by atoms with Gasteiger partial charge in [-0.3, -0.25) is 9.59 Å². The third-order valence-electron chi connectivity index (χ3n) is 5.04. The van der Waals surface area contributed by atoms with Crippen LogP contribution < -0.4 is 16.4 Å². The Balaban J connectivity index is 1.34. The monoisotopic (exact) mass is 370 g/mol. The van der Waals surface area contributed by atoms with Gasteiger partial charge in [0.25, 0.3) is 5.91 Å². The molecule has 0 bridgehead atoms. The van der Waals surface area contributed by atoms with Gasteiger partial charge in [0.15, 0.2) is 0 Å². The van der Waals surface area contributed by atoms with Crippen LogP contribution in [0.4, 0.5) is 10.7 Å². The molecule has 0 saturated carbocycles. The second-order valence-corrected chi connectivity index (χ2v) is 7.92. The number of likely N-dealkylation sites (tertiary alicyclic amines) is 1. The molecular formula is C19H22N4O2S. The van der Waals surface area contributed by atoms with E-state index in [1.54, 1.807) is 12.1 Å². The number of amides is 2. The van der Waals surface area contributed by atoms with Crippen LogP contribution in [0.25, 0.3) is 0 Å². The number of benzene rings is 1. The highest BCUT2D eigenvalue weighted by molar-refractivity contribution is 7.18. The van der Waals surface area contributed by atoms with Crippen LogP contribution in [0.2, 0.25) is 0 Å². The van der Waals surface area contributed by atoms with Crippen molar-refractivity contribution in [3.63, 3.8) is 0 Å². The molecule has 1 atom stereocenters. The normalized spacial score (nSPS) is 20.0. The predicted molar refractivity (Wildman–Crippen MR) is 103 cm³/mol. The van der Waals surface area contributed by atoms with Crippen LogP contribution in [0.3, 0.4) is 0 Å². The number of anilines is 2. The first-order valence-electron chi connectivity index (χ1n) is 8.89. The summed E-state index contributed by atoms with van der Waals surface area (Å²) < 4.78 is 0. The molecule has 0 unspecified atom stereocenters. The molecule has 2 aliphatic rings. The van der Waals surface area contributed by atoms with Crippen LogP contribution in [-0.4, -0.2) is 42.4 Å². The molecule has 7 heteroatoms. The third-order valence-corrected chi connectivity index (χ3v) is 6.03. The molecule has 2 aliphatic heterocycles. The van der Waals surface area contributed by atoms with Gasteiger partial charge in [0, 0.05) is 24.7 Å². The molecule has 136 valence electrons. The minimum Gasteiger partial charge on any atom is -0.398 e. The first-order valence-corrected chi connectivity index (χ1v) is 9.71. The van der Waals surface area contributed by atoms with Crippen molar-refractivity contribution in [2.45, 2.75) is 24.8 Å². The number of thiophene rings is 1. The van der Waals surface area contributed by atoms with Gasteiger partial charge in [-0.1, -0.05) is 18.2 Å². The fourth-order valence-electron chi connectivity index (χ4n) is 3.52. The summed E-state index contributed by atoms with van der Waals surface area (Å²) in [5.41, 5.74) is 7.91. The zero-order valence-electron chi connectivity index (χ0n) is 14.4. The molecule has 1 aromatic carbocycles.